The Morgan fingerprint density at radius 3 is 2.36 bits per heavy atom. The smallest absolute Gasteiger partial charge is 0.284 e. The van der Waals surface area contributed by atoms with E-state index in [1.807, 2.05) is 47.1 Å². The van der Waals surface area contributed by atoms with E-state index in [1.165, 1.54) is 0 Å². The second-order valence-corrected chi connectivity index (χ2v) is 6.36. The molecule has 0 fully saturated rings. The Hall–Kier alpha value is -2.09. The molecule has 118 valence electrons. The number of sulfonamides is 1. The monoisotopic (exact) mass is 341 g/mol. The number of halogens is 1. The Morgan fingerprint density at radius 2 is 1.77 bits per heavy atom. The van der Waals surface area contributed by atoms with Crippen LogP contribution in [0.1, 0.15) is 0 Å². The molecule has 0 radical (unpaired) electrons. The molecule has 0 aliphatic rings. The summed E-state index contributed by atoms with van der Waals surface area (Å²) in [6, 6.07) is 13.2. The molecule has 0 amide bonds. The maximum atomic E-state index is 11.2. The topological polar surface area (TPSA) is 97.6 Å². The first-order valence-electron chi connectivity index (χ1n) is 6.08. The molecule has 1 aromatic carbocycles. The Balaban J connectivity index is 0.00000121. The van der Waals surface area contributed by atoms with E-state index in [2.05, 4.69) is 9.71 Å². The van der Waals surface area contributed by atoms with Crippen molar-refractivity contribution in [3.8, 4) is 11.3 Å². The van der Waals surface area contributed by atoms with Gasteiger partial charge in [-0.05, 0) is 30.3 Å². The largest absolute Gasteiger partial charge is 1.00 e. The fraction of sp³-hybridized carbons (Fsp3) is 0.0714. The highest BCUT2D eigenvalue weighted by atomic mass is 35.5. The molecule has 3 aromatic rings. The van der Waals surface area contributed by atoms with Crippen molar-refractivity contribution < 1.29 is 30.7 Å². The summed E-state index contributed by atoms with van der Waals surface area (Å²) in [6.07, 6.45) is 5.10. The third kappa shape index (κ3) is 3.97. The van der Waals surface area contributed by atoms with Gasteiger partial charge in [0, 0.05) is 17.3 Å². The molecule has 4 N–H and O–H groups in total. The van der Waals surface area contributed by atoms with Crippen LogP contribution in [-0.2, 0) is 10.0 Å². The molecule has 0 aliphatic heterocycles. The third-order valence-corrected chi connectivity index (χ3v) is 3.53. The average molecular weight is 342 g/mol. The first-order chi connectivity index (χ1) is 9.51. The highest BCUT2D eigenvalue weighted by molar-refractivity contribution is 7.92. The first kappa shape index (κ1) is 18.0. The summed E-state index contributed by atoms with van der Waals surface area (Å²) in [5.41, 5.74) is 3.52. The van der Waals surface area contributed by atoms with Gasteiger partial charge in [0.05, 0.1) is 12.5 Å². The minimum Gasteiger partial charge on any atom is -1.00 e. The molecule has 0 saturated heterocycles. The minimum atomic E-state index is -3.24. The maximum absolute atomic E-state index is 11.2. The lowest BCUT2D eigenvalue weighted by molar-refractivity contribution is -0.509. The van der Waals surface area contributed by atoms with E-state index < -0.39 is 10.0 Å². The predicted molar refractivity (Wildman–Crippen MR) is 81.5 cm³/mol. The van der Waals surface area contributed by atoms with Crippen molar-refractivity contribution in [2.75, 3.05) is 11.0 Å². The van der Waals surface area contributed by atoms with Crippen LogP contribution in [0.15, 0.2) is 54.9 Å². The van der Waals surface area contributed by atoms with E-state index >= 15 is 0 Å². The van der Waals surface area contributed by atoms with Crippen molar-refractivity contribution in [2.45, 2.75) is 0 Å². The Kier molecular flexibility index (Phi) is 5.54. The SMILES string of the molecule is CS(=O)(=O)Nc1ccc(-c2c[n+]3ccccc3[nH]2)cc1.O.[Cl-]. The van der Waals surface area contributed by atoms with Gasteiger partial charge < -0.3 is 17.9 Å². The standard InChI is InChI=1S/C14H13N3O2S.ClH.H2O/c1-20(18,19)16-12-7-5-11(6-8-12)13-10-17-9-3-2-4-14(17)15-13;;/h2-10,16H,1H3;1H;1H2. The van der Waals surface area contributed by atoms with E-state index in [9.17, 15) is 8.42 Å². The number of benzene rings is 1. The summed E-state index contributed by atoms with van der Waals surface area (Å²) in [6.45, 7) is 0. The number of anilines is 1. The number of H-pyrrole nitrogens is 1. The van der Waals surface area contributed by atoms with Crippen LogP contribution in [0.4, 0.5) is 5.69 Å². The lowest BCUT2D eigenvalue weighted by Gasteiger charge is -2.03. The number of aromatic nitrogens is 2. The second-order valence-electron chi connectivity index (χ2n) is 4.61. The molecular weight excluding hydrogens is 326 g/mol. The molecule has 0 bridgehead atoms. The Morgan fingerprint density at radius 1 is 1.09 bits per heavy atom. The normalized spacial score (nSPS) is 10.6. The Labute approximate surface area is 134 Å². The lowest BCUT2D eigenvalue weighted by atomic mass is 10.1. The van der Waals surface area contributed by atoms with Gasteiger partial charge in [0.15, 0.2) is 5.69 Å². The van der Waals surface area contributed by atoms with E-state index in [-0.39, 0.29) is 17.9 Å². The Bertz CT molecular complexity index is 827. The van der Waals surface area contributed by atoms with Crippen molar-refractivity contribution in [2.24, 2.45) is 0 Å². The number of nitrogens with zero attached hydrogens (tertiary/aromatic N) is 1. The first-order valence-corrected chi connectivity index (χ1v) is 7.98. The van der Waals surface area contributed by atoms with E-state index in [1.54, 1.807) is 12.1 Å². The zero-order chi connectivity index (χ0) is 14.2. The van der Waals surface area contributed by atoms with Crippen LogP contribution in [-0.4, -0.2) is 25.1 Å². The van der Waals surface area contributed by atoms with Crippen molar-refractivity contribution >= 4 is 21.4 Å². The number of pyridine rings is 1. The second kappa shape index (κ2) is 6.78. The van der Waals surface area contributed by atoms with Gasteiger partial charge in [0.2, 0.25) is 10.0 Å². The van der Waals surface area contributed by atoms with Gasteiger partial charge in [-0.1, -0.05) is 6.07 Å². The molecule has 3 rings (SSSR count). The number of fused-ring (bicyclic) bond motifs is 1. The van der Waals surface area contributed by atoms with Crippen LogP contribution in [0.3, 0.4) is 0 Å². The maximum Gasteiger partial charge on any atom is 0.284 e. The van der Waals surface area contributed by atoms with Crippen molar-refractivity contribution in [3.63, 3.8) is 0 Å². The molecule has 0 atom stereocenters. The summed E-state index contributed by atoms with van der Waals surface area (Å²) in [5.74, 6) is 0. The molecule has 0 saturated carbocycles. The minimum absolute atomic E-state index is 0. The van der Waals surface area contributed by atoms with E-state index in [0.717, 1.165) is 23.2 Å². The predicted octanol–water partition coefficient (Wildman–Crippen LogP) is -2.03. The van der Waals surface area contributed by atoms with Crippen molar-refractivity contribution in [1.29, 1.82) is 0 Å². The zero-order valence-electron chi connectivity index (χ0n) is 11.7. The molecule has 2 heterocycles. The van der Waals surface area contributed by atoms with Crippen LogP contribution in [0.2, 0.25) is 0 Å². The average Bonchev–Trinajstić information content (AvgIpc) is 2.81. The van der Waals surface area contributed by atoms with Gasteiger partial charge in [-0.15, -0.1) is 0 Å². The summed E-state index contributed by atoms with van der Waals surface area (Å²) in [7, 11) is -3.24. The van der Waals surface area contributed by atoms with Crippen LogP contribution in [0, 0.1) is 0 Å². The van der Waals surface area contributed by atoms with Crippen LogP contribution in [0.5, 0.6) is 0 Å². The third-order valence-electron chi connectivity index (χ3n) is 2.92. The molecule has 0 aliphatic carbocycles. The van der Waals surface area contributed by atoms with E-state index in [0.29, 0.717) is 5.69 Å². The number of hydrogen-bond acceptors (Lipinski definition) is 2. The zero-order valence-corrected chi connectivity index (χ0v) is 13.3. The highest BCUT2D eigenvalue weighted by Crippen LogP contribution is 2.19. The van der Waals surface area contributed by atoms with Crippen molar-refractivity contribution in [1.82, 2.24) is 4.98 Å². The molecule has 8 heteroatoms. The van der Waals surface area contributed by atoms with Gasteiger partial charge in [-0.3, -0.25) is 4.72 Å². The molecular formula is C14H16ClN3O3S. The lowest BCUT2D eigenvalue weighted by Crippen LogP contribution is -3.00. The van der Waals surface area contributed by atoms with Crippen LogP contribution in [0.25, 0.3) is 16.9 Å². The van der Waals surface area contributed by atoms with Gasteiger partial charge in [-0.25, -0.2) is 17.8 Å². The van der Waals surface area contributed by atoms with Crippen LogP contribution < -0.4 is 21.5 Å². The number of nitrogens with one attached hydrogen (secondary N) is 2. The van der Waals surface area contributed by atoms with Crippen LogP contribution >= 0.6 is 0 Å². The fourth-order valence-corrected chi connectivity index (χ4v) is 2.63. The molecule has 0 spiro atoms. The number of imidazole rings is 1. The molecule has 0 unspecified atom stereocenters. The molecule has 6 nitrogen and oxygen atoms in total. The van der Waals surface area contributed by atoms with Gasteiger partial charge in [0.1, 0.15) is 6.20 Å². The summed E-state index contributed by atoms with van der Waals surface area (Å²) >= 11 is 0. The molecule has 2 aromatic heterocycles. The quantitative estimate of drug-likeness (QED) is 0.537. The summed E-state index contributed by atoms with van der Waals surface area (Å²) in [4.78, 5) is 3.30. The highest BCUT2D eigenvalue weighted by Gasteiger charge is 2.10. The van der Waals surface area contributed by atoms with Gasteiger partial charge >= 0.3 is 0 Å². The number of rotatable bonds is 3. The fourth-order valence-electron chi connectivity index (χ4n) is 2.06. The summed E-state index contributed by atoms with van der Waals surface area (Å²) in [5, 5.41) is 0. The van der Waals surface area contributed by atoms with Gasteiger partial charge in [0.25, 0.3) is 5.65 Å². The number of aromatic amines is 1. The van der Waals surface area contributed by atoms with Crippen molar-refractivity contribution in [3.05, 3.63) is 54.9 Å². The summed E-state index contributed by atoms with van der Waals surface area (Å²) < 4.78 is 26.7. The van der Waals surface area contributed by atoms with Gasteiger partial charge in [-0.2, -0.15) is 0 Å². The molecule has 22 heavy (non-hydrogen) atoms. The van der Waals surface area contributed by atoms with E-state index in [4.69, 9.17) is 0 Å². The number of hydrogen-bond donors (Lipinski definition) is 2.